The smallest absolute Gasteiger partial charge is 0.321 e. The minimum atomic E-state index is -0.546. The lowest BCUT2D eigenvalue weighted by Gasteiger charge is -2.08. The van der Waals surface area contributed by atoms with Gasteiger partial charge in [-0.1, -0.05) is 29.4 Å². The van der Waals surface area contributed by atoms with Crippen molar-refractivity contribution in [3.05, 3.63) is 41.9 Å². The number of nitrogens with zero attached hydrogens (tertiary/aromatic N) is 3. The molecule has 1 heterocycles. The molecule has 7 nitrogen and oxygen atoms in total. The molecule has 0 saturated heterocycles. The van der Waals surface area contributed by atoms with E-state index in [4.69, 9.17) is 11.6 Å². The molecule has 0 fully saturated rings. The topological polar surface area (TPSA) is 88.9 Å². The number of hydrogen-bond acceptors (Lipinski definition) is 5. The van der Waals surface area contributed by atoms with Gasteiger partial charge in [0, 0.05) is 24.2 Å². The van der Waals surface area contributed by atoms with Gasteiger partial charge in [0.15, 0.2) is 11.0 Å². The van der Waals surface area contributed by atoms with E-state index in [0.717, 1.165) is 5.56 Å². The van der Waals surface area contributed by atoms with Crippen LogP contribution in [0.5, 0.6) is 0 Å². The number of benzene rings is 1. The standard InChI is InChI=1S/C15H16ClN5O2S/c1-3-8-21-13(10-4-6-11(16)7-5-10)19-20-15(21)24-9-12(22)18-14(23)17-2/h3-7H,1,8-9H2,2H3,(H2,17,18,22,23). The number of rotatable bonds is 6. The average Bonchev–Trinajstić information content (AvgIpc) is 2.97. The molecule has 2 rings (SSSR count). The quantitative estimate of drug-likeness (QED) is 0.605. The fourth-order valence-electron chi connectivity index (χ4n) is 1.86. The molecule has 0 aliphatic rings. The molecule has 3 amide bonds. The first-order chi connectivity index (χ1) is 11.5. The number of aromatic nitrogens is 3. The van der Waals surface area contributed by atoms with E-state index in [1.165, 1.54) is 18.8 Å². The number of allylic oxidation sites excluding steroid dienone is 1. The Bertz CT molecular complexity index is 745. The molecule has 0 aliphatic heterocycles. The molecular weight excluding hydrogens is 350 g/mol. The van der Waals surface area contributed by atoms with Gasteiger partial charge in [-0.05, 0) is 24.3 Å². The number of carbonyl (C=O) groups is 2. The van der Waals surface area contributed by atoms with E-state index >= 15 is 0 Å². The molecule has 9 heteroatoms. The van der Waals surface area contributed by atoms with Crippen molar-refractivity contribution in [2.24, 2.45) is 0 Å². The largest absolute Gasteiger partial charge is 0.341 e. The molecule has 0 spiro atoms. The summed E-state index contributed by atoms with van der Waals surface area (Å²) in [7, 11) is 1.44. The molecular formula is C15H16ClN5O2S. The second-order valence-corrected chi connectivity index (χ2v) is 6.01. The van der Waals surface area contributed by atoms with E-state index < -0.39 is 11.9 Å². The molecule has 0 atom stereocenters. The van der Waals surface area contributed by atoms with Crippen LogP contribution in [-0.4, -0.2) is 39.5 Å². The first-order valence-corrected chi connectivity index (χ1v) is 8.36. The Labute approximate surface area is 148 Å². The van der Waals surface area contributed by atoms with Crippen LogP contribution >= 0.6 is 23.4 Å². The zero-order valence-corrected chi connectivity index (χ0v) is 14.5. The minimum absolute atomic E-state index is 0.0450. The molecule has 1 aromatic heterocycles. The number of urea groups is 1. The van der Waals surface area contributed by atoms with Gasteiger partial charge in [0.05, 0.1) is 5.75 Å². The summed E-state index contributed by atoms with van der Waals surface area (Å²) in [5.41, 5.74) is 0.857. The Morgan fingerprint density at radius 3 is 2.67 bits per heavy atom. The molecule has 0 radical (unpaired) electrons. The van der Waals surface area contributed by atoms with Crippen LogP contribution in [0, 0.1) is 0 Å². The Morgan fingerprint density at radius 1 is 1.33 bits per heavy atom. The van der Waals surface area contributed by atoms with E-state index in [9.17, 15) is 9.59 Å². The Hall–Kier alpha value is -2.32. The molecule has 0 unspecified atom stereocenters. The zero-order chi connectivity index (χ0) is 17.5. The Kier molecular flexibility index (Phi) is 6.39. The van der Waals surface area contributed by atoms with E-state index in [0.29, 0.717) is 22.5 Å². The van der Waals surface area contributed by atoms with Gasteiger partial charge >= 0.3 is 6.03 Å². The maximum Gasteiger partial charge on any atom is 0.321 e. The van der Waals surface area contributed by atoms with Crippen molar-refractivity contribution in [3.8, 4) is 11.4 Å². The molecule has 2 N–H and O–H groups in total. The summed E-state index contributed by atoms with van der Waals surface area (Å²) in [6, 6.07) is 6.69. The SMILES string of the molecule is C=CCn1c(SCC(=O)NC(=O)NC)nnc1-c1ccc(Cl)cc1. The third-order valence-electron chi connectivity index (χ3n) is 2.94. The van der Waals surface area contributed by atoms with E-state index in [-0.39, 0.29) is 5.75 Å². The summed E-state index contributed by atoms with van der Waals surface area (Å²) in [5.74, 6) is 0.282. The van der Waals surface area contributed by atoms with E-state index in [1.807, 2.05) is 16.7 Å². The van der Waals surface area contributed by atoms with Crippen molar-refractivity contribution in [2.45, 2.75) is 11.7 Å². The number of amides is 3. The molecule has 0 saturated carbocycles. The lowest BCUT2D eigenvalue weighted by molar-refractivity contribution is -0.117. The van der Waals surface area contributed by atoms with Crippen LogP contribution < -0.4 is 10.6 Å². The maximum atomic E-state index is 11.7. The Balaban J connectivity index is 2.16. The van der Waals surface area contributed by atoms with Crippen LogP contribution in [0.25, 0.3) is 11.4 Å². The van der Waals surface area contributed by atoms with Crippen LogP contribution in [0.2, 0.25) is 5.02 Å². The first-order valence-electron chi connectivity index (χ1n) is 6.99. The summed E-state index contributed by atoms with van der Waals surface area (Å²) in [5, 5.41) is 14.0. The van der Waals surface area contributed by atoms with Crippen LogP contribution in [0.3, 0.4) is 0 Å². The van der Waals surface area contributed by atoms with Crippen molar-refractivity contribution in [3.63, 3.8) is 0 Å². The number of carbonyl (C=O) groups excluding carboxylic acids is 2. The van der Waals surface area contributed by atoms with Crippen molar-refractivity contribution < 1.29 is 9.59 Å². The summed E-state index contributed by atoms with van der Waals surface area (Å²) in [4.78, 5) is 22.8. The molecule has 1 aromatic carbocycles. The number of halogens is 1. The molecule has 24 heavy (non-hydrogen) atoms. The lowest BCUT2D eigenvalue weighted by atomic mass is 10.2. The second kappa shape index (κ2) is 8.51. The predicted molar refractivity (Wildman–Crippen MR) is 94.0 cm³/mol. The van der Waals surface area contributed by atoms with Gasteiger partial charge in [0.1, 0.15) is 0 Å². The highest BCUT2D eigenvalue weighted by molar-refractivity contribution is 7.99. The van der Waals surface area contributed by atoms with E-state index in [2.05, 4.69) is 27.4 Å². The monoisotopic (exact) mass is 365 g/mol. The van der Waals surface area contributed by atoms with Gasteiger partial charge < -0.3 is 5.32 Å². The first kappa shape index (κ1) is 18.0. The average molecular weight is 366 g/mol. The van der Waals surface area contributed by atoms with Crippen LogP contribution in [0.4, 0.5) is 4.79 Å². The van der Waals surface area contributed by atoms with Gasteiger partial charge in [0.25, 0.3) is 0 Å². The molecule has 0 bridgehead atoms. The summed E-state index contributed by atoms with van der Waals surface area (Å²) in [6.07, 6.45) is 1.72. The van der Waals surface area contributed by atoms with Gasteiger partial charge in [0.2, 0.25) is 5.91 Å². The van der Waals surface area contributed by atoms with Crippen molar-refractivity contribution in [1.29, 1.82) is 0 Å². The van der Waals surface area contributed by atoms with Gasteiger partial charge in [-0.15, -0.1) is 16.8 Å². The van der Waals surface area contributed by atoms with Crippen LogP contribution in [-0.2, 0) is 11.3 Å². The van der Waals surface area contributed by atoms with E-state index in [1.54, 1.807) is 18.2 Å². The maximum absolute atomic E-state index is 11.7. The normalized spacial score (nSPS) is 10.2. The van der Waals surface area contributed by atoms with Crippen molar-refractivity contribution in [1.82, 2.24) is 25.4 Å². The van der Waals surface area contributed by atoms with Gasteiger partial charge in [-0.25, -0.2) is 4.79 Å². The molecule has 126 valence electrons. The van der Waals surface area contributed by atoms with Crippen molar-refractivity contribution >= 4 is 35.3 Å². The van der Waals surface area contributed by atoms with Gasteiger partial charge in [-0.3, -0.25) is 14.7 Å². The van der Waals surface area contributed by atoms with Crippen molar-refractivity contribution in [2.75, 3.05) is 12.8 Å². The number of imide groups is 1. The zero-order valence-electron chi connectivity index (χ0n) is 13.0. The highest BCUT2D eigenvalue weighted by Gasteiger charge is 2.15. The summed E-state index contributed by atoms with van der Waals surface area (Å²) < 4.78 is 1.84. The number of thioether (sulfide) groups is 1. The Morgan fingerprint density at radius 2 is 2.04 bits per heavy atom. The second-order valence-electron chi connectivity index (χ2n) is 4.63. The number of hydrogen-bond donors (Lipinski definition) is 2. The predicted octanol–water partition coefficient (Wildman–Crippen LogP) is 2.33. The molecule has 2 aromatic rings. The fraction of sp³-hybridized carbons (Fsp3) is 0.200. The summed E-state index contributed by atoms with van der Waals surface area (Å²) in [6.45, 7) is 4.22. The number of nitrogens with one attached hydrogen (secondary N) is 2. The summed E-state index contributed by atoms with van der Waals surface area (Å²) >= 11 is 7.09. The van der Waals surface area contributed by atoms with Gasteiger partial charge in [-0.2, -0.15) is 0 Å². The fourth-order valence-corrected chi connectivity index (χ4v) is 2.73. The van der Waals surface area contributed by atoms with Crippen LogP contribution in [0.15, 0.2) is 42.1 Å². The third kappa shape index (κ3) is 4.59. The molecule has 0 aliphatic carbocycles. The highest BCUT2D eigenvalue weighted by atomic mass is 35.5. The third-order valence-corrected chi connectivity index (χ3v) is 4.16. The minimum Gasteiger partial charge on any atom is -0.341 e. The highest BCUT2D eigenvalue weighted by Crippen LogP contribution is 2.25. The van der Waals surface area contributed by atoms with Crippen LogP contribution in [0.1, 0.15) is 0 Å². The lowest BCUT2D eigenvalue weighted by Crippen LogP contribution is -2.38.